The van der Waals surface area contributed by atoms with Gasteiger partial charge in [0, 0.05) is 25.0 Å². The lowest BCUT2D eigenvalue weighted by Gasteiger charge is -2.37. The number of amides is 2. The van der Waals surface area contributed by atoms with Crippen LogP contribution in [0.25, 0.3) is 11.1 Å². The molecular weight excluding hydrogens is 761 g/mol. The predicted molar refractivity (Wildman–Crippen MR) is 236 cm³/mol. The van der Waals surface area contributed by atoms with Crippen LogP contribution in [0.5, 0.6) is 0 Å². The van der Waals surface area contributed by atoms with Crippen molar-refractivity contribution in [1.29, 1.82) is 0 Å². The molecule has 2 atom stereocenters. The first-order valence-corrected chi connectivity index (χ1v) is 20.4. The molecule has 1 aromatic heterocycles. The fraction of sp³-hybridized carbons (Fsp3) is 0.154. The summed E-state index contributed by atoms with van der Waals surface area (Å²) in [6.07, 6.45) is 4.52. The van der Waals surface area contributed by atoms with Crippen LogP contribution in [0, 0.1) is 0 Å². The molecule has 304 valence electrons. The van der Waals surface area contributed by atoms with Gasteiger partial charge in [0.15, 0.2) is 0 Å². The summed E-state index contributed by atoms with van der Waals surface area (Å²) in [5.74, 6) is -1.40. The first kappa shape index (κ1) is 40.3. The van der Waals surface area contributed by atoms with Crippen molar-refractivity contribution in [2.24, 2.45) is 0 Å². The summed E-state index contributed by atoms with van der Waals surface area (Å²) < 4.78 is 13.4. The second kappa shape index (κ2) is 18.6. The van der Waals surface area contributed by atoms with Crippen molar-refractivity contribution in [3.8, 4) is 11.1 Å². The molecule has 0 radical (unpaired) electrons. The number of rotatable bonds is 16. The van der Waals surface area contributed by atoms with Gasteiger partial charge >= 0.3 is 12.1 Å². The zero-order valence-electron chi connectivity index (χ0n) is 33.6. The lowest BCUT2D eigenvalue weighted by molar-refractivity contribution is -0.146. The average Bonchev–Trinajstić information content (AvgIpc) is 3.91. The van der Waals surface area contributed by atoms with Crippen LogP contribution < -0.4 is 10.6 Å². The van der Waals surface area contributed by atoms with Crippen molar-refractivity contribution < 1.29 is 23.9 Å². The maximum atomic E-state index is 14.5. The van der Waals surface area contributed by atoms with E-state index in [4.69, 9.17) is 14.5 Å². The number of fused-ring (bicyclic) bond motifs is 3. The Kier molecular flexibility index (Phi) is 12.3. The van der Waals surface area contributed by atoms with E-state index < -0.39 is 35.6 Å². The zero-order chi connectivity index (χ0) is 42.0. The lowest BCUT2D eigenvalue weighted by Crippen LogP contribution is -2.53. The maximum Gasteiger partial charge on any atom is 0.407 e. The summed E-state index contributed by atoms with van der Waals surface area (Å²) in [6.45, 7) is 3.69. The molecule has 0 aliphatic heterocycles. The number of hydrogen-bond acceptors (Lipinski definition) is 6. The van der Waals surface area contributed by atoms with E-state index in [-0.39, 0.29) is 32.0 Å². The van der Waals surface area contributed by atoms with Crippen LogP contribution in [0.4, 0.5) is 4.79 Å². The molecule has 0 bridgehead atoms. The predicted octanol–water partition coefficient (Wildman–Crippen LogP) is 8.63. The fourth-order valence-corrected chi connectivity index (χ4v) is 8.40. The summed E-state index contributed by atoms with van der Waals surface area (Å²) in [7, 11) is 0. The summed E-state index contributed by atoms with van der Waals surface area (Å²) in [4.78, 5) is 46.6. The number of carbonyl (C=O) groups is 3. The topological polar surface area (TPSA) is 112 Å². The average molecular weight is 807 g/mol. The van der Waals surface area contributed by atoms with Gasteiger partial charge in [0.25, 0.3) is 0 Å². The van der Waals surface area contributed by atoms with Crippen LogP contribution in [0.1, 0.15) is 45.0 Å². The third-order valence-electron chi connectivity index (χ3n) is 11.2. The SMILES string of the molecule is C=CCOC(=O)[C@H](Cc1ccccc1)NC(=O)[C@H](Cc1cn(C(c2ccccc2)(c2ccccc2)c2ccccc2)cn1)NC(=O)OCC1c2ccccc2-c2ccccc21. The number of imidazole rings is 1. The molecule has 61 heavy (non-hydrogen) atoms. The molecule has 7 aromatic rings. The van der Waals surface area contributed by atoms with E-state index >= 15 is 0 Å². The number of benzene rings is 6. The van der Waals surface area contributed by atoms with Gasteiger partial charge in [-0.05, 0) is 44.5 Å². The molecule has 8 rings (SSSR count). The normalized spacial score (nSPS) is 12.9. The van der Waals surface area contributed by atoms with Gasteiger partial charge in [-0.15, -0.1) is 0 Å². The molecular formula is C52H46N4O5. The quantitative estimate of drug-likeness (QED) is 0.0575. The first-order valence-electron chi connectivity index (χ1n) is 20.4. The van der Waals surface area contributed by atoms with Crippen LogP contribution in [0.2, 0.25) is 0 Å². The second-order valence-corrected chi connectivity index (χ2v) is 15.0. The molecule has 2 amide bonds. The minimum Gasteiger partial charge on any atom is -0.460 e. The molecule has 1 aliphatic rings. The first-order chi connectivity index (χ1) is 29.9. The third-order valence-corrected chi connectivity index (χ3v) is 11.2. The Hall–Kier alpha value is -7.52. The number of hydrogen-bond donors (Lipinski definition) is 2. The van der Waals surface area contributed by atoms with E-state index in [9.17, 15) is 14.4 Å². The van der Waals surface area contributed by atoms with Crippen molar-refractivity contribution in [3.05, 3.63) is 234 Å². The fourth-order valence-electron chi connectivity index (χ4n) is 8.40. The largest absolute Gasteiger partial charge is 0.460 e. The number of carbonyl (C=O) groups excluding carboxylic acids is 3. The van der Waals surface area contributed by atoms with Gasteiger partial charge in [-0.1, -0.05) is 183 Å². The van der Waals surface area contributed by atoms with Crippen molar-refractivity contribution in [2.45, 2.75) is 36.4 Å². The highest BCUT2D eigenvalue weighted by Crippen LogP contribution is 2.45. The lowest BCUT2D eigenvalue weighted by atomic mass is 9.77. The number of nitrogens with one attached hydrogen (secondary N) is 2. The molecule has 0 saturated carbocycles. The molecule has 6 aromatic carbocycles. The Morgan fingerprint density at radius 3 is 1.69 bits per heavy atom. The van der Waals surface area contributed by atoms with Crippen LogP contribution in [-0.4, -0.2) is 52.8 Å². The smallest absolute Gasteiger partial charge is 0.407 e. The molecule has 9 nitrogen and oxygen atoms in total. The molecule has 0 spiro atoms. The number of alkyl carbamates (subject to hydrolysis) is 1. The molecule has 1 aliphatic carbocycles. The number of esters is 1. The Labute approximate surface area is 355 Å². The summed E-state index contributed by atoms with van der Waals surface area (Å²) in [5.41, 5.74) is 7.85. The Morgan fingerprint density at radius 2 is 1.15 bits per heavy atom. The zero-order valence-corrected chi connectivity index (χ0v) is 33.6. The maximum absolute atomic E-state index is 14.5. The summed E-state index contributed by atoms with van der Waals surface area (Å²) in [5, 5.41) is 5.73. The number of aromatic nitrogens is 2. The molecule has 0 unspecified atom stereocenters. The summed E-state index contributed by atoms with van der Waals surface area (Å²) in [6, 6.07) is 53.9. The second-order valence-electron chi connectivity index (χ2n) is 15.0. The Morgan fingerprint density at radius 1 is 0.639 bits per heavy atom. The minimum absolute atomic E-state index is 0.0166. The van der Waals surface area contributed by atoms with Crippen LogP contribution in [0.3, 0.4) is 0 Å². The summed E-state index contributed by atoms with van der Waals surface area (Å²) >= 11 is 0. The van der Waals surface area contributed by atoms with E-state index in [0.717, 1.165) is 44.5 Å². The molecule has 2 N–H and O–H groups in total. The molecule has 1 heterocycles. The highest BCUT2D eigenvalue weighted by atomic mass is 16.5. The van der Waals surface area contributed by atoms with Crippen molar-refractivity contribution in [1.82, 2.24) is 20.2 Å². The third kappa shape index (κ3) is 8.63. The van der Waals surface area contributed by atoms with Crippen LogP contribution >= 0.6 is 0 Å². The van der Waals surface area contributed by atoms with E-state index in [1.165, 1.54) is 6.08 Å². The highest BCUT2D eigenvalue weighted by molar-refractivity contribution is 5.90. The molecule has 0 fully saturated rings. The highest BCUT2D eigenvalue weighted by Gasteiger charge is 2.39. The minimum atomic E-state index is -1.19. The van der Waals surface area contributed by atoms with Gasteiger partial charge < -0.3 is 24.7 Å². The van der Waals surface area contributed by atoms with Gasteiger partial charge in [-0.25, -0.2) is 14.6 Å². The van der Waals surface area contributed by atoms with Crippen LogP contribution in [-0.2, 0) is 37.4 Å². The Bertz CT molecular complexity index is 2450. The molecule has 9 heteroatoms. The number of ether oxygens (including phenoxy) is 2. The van der Waals surface area contributed by atoms with E-state index in [0.29, 0.717) is 5.69 Å². The van der Waals surface area contributed by atoms with E-state index in [1.807, 2.05) is 128 Å². The van der Waals surface area contributed by atoms with Crippen molar-refractivity contribution in [2.75, 3.05) is 13.2 Å². The number of nitrogens with zero attached hydrogens (tertiary/aromatic N) is 2. The van der Waals surface area contributed by atoms with Gasteiger partial charge in [0.05, 0.1) is 12.0 Å². The van der Waals surface area contributed by atoms with Gasteiger partial charge in [0.1, 0.15) is 30.8 Å². The van der Waals surface area contributed by atoms with Gasteiger partial charge in [-0.3, -0.25) is 4.79 Å². The van der Waals surface area contributed by atoms with Crippen molar-refractivity contribution in [3.63, 3.8) is 0 Å². The van der Waals surface area contributed by atoms with E-state index in [2.05, 4.69) is 70.3 Å². The van der Waals surface area contributed by atoms with Gasteiger partial charge in [0.2, 0.25) is 5.91 Å². The standard InChI is InChI=1S/C52H46N4O5/c1-2-31-60-50(58)48(32-37-19-7-3-8-20-37)54-49(57)47(55-51(59)61-35-46-44-29-17-15-27-42(44)43-28-16-18-30-45(43)46)33-41-34-56(36-53-41)52(38-21-9-4-10-22-38,39-23-11-5-12-24-39)40-25-13-6-14-26-40/h2-30,34,36,46-48H,1,31-33,35H2,(H,54,57)(H,55,59)/t47-,48-/m0/s1. The van der Waals surface area contributed by atoms with Crippen LogP contribution in [0.15, 0.2) is 195 Å². The van der Waals surface area contributed by atoms with Crippen molar-refractivity contribution >= 4 is 18.0 Å². The van der Waals surface area contributed by atoms with Gasteiger partial charge in [-0.2, -0.15) is 0 Å². The van der Waals surface area contributed by atoms with E-state index in [1.54, 1.807) is 6.33 Å². The monoisotopic (exact) mass is 806 g/mol. The molecule has 0 saturated heterocycles. The Balaban J connectivity index is 1.12.